The fourth-order valence-corrected chi connectivity index (χ4v) is 6.52. The van der Waals surface area contributed by atoms with Crippen molar-refractivity contribution in [1.29, 1.82) is 0 Å². The molecule has 0 aromatic carbocycles. The molecule has 3 aliphatic rings. The molecule has 7 nitrogen and oxygen atoms in total. The summed E-state index contributed by atoms with van der Waals surface area (Å²) in [5.41, 5.74) is 7.93. The molecule has 6 heterocycles. The van der Waals surface area contributed by atoms with Crippen LogP contribution in [0.5, 0.6) is 0 Å². The third-order valence-electron chi connectivity index (χ3n) is 8.26. The molecular formula is C27H36N6O. The number of fused-ring (bicyclic) bond motifs is 1. The molecule has 3 aromatic heterocycles. The number of piperidine rings is 1. The van der Waals surface area contributed by atoms with Crippen LogP contribution in [-0.4, -0.2) is 65.3 Å². The Hall–Kier alpha value is -2.32. The summed E-state index contributed by atoms with van der Waals surface area (Å²) in [6.07, 6.45) is 7.35. The molecule has 0 amide bonds. The van der Waals surface area contributed by atoms with Crippen molar-refractivity contribution in [3.63, 3.8) is 0 Å². The number of aryl methyl sites for hydroxylation is 3. The van der Waals surface area contributed by atoms with Gasteiger partial charge in [-0.2, -0.15) is 0 Å². The normalized spacial score (nSPS) is 26.6. The number of nitrogens with zero attached hydrogens (tertiary/aromatic N) is 3. The minimum absolute atomic E-state index is 0.0215. The minimum atomic E-state index is -0.121. The first-order valence-corrected chi connectivity index (χ1v) is 12.8. The quantitative estimate of drug-likeness (QED) is 0.556. The van der Waals surface area contributed by atoms with Crippen molar-refractivity contribution in [3.05, 3.63) is 53.2 Å². The molecule has 1 spiro atoms. The maximum Gasteiger partial charge on any atom is 0.139 e. The topological polar surface area (TPSA) is 75.5 Å². The summed E-state index contributed by atoms with van der Waals surface area (Å²) < 4.78 is 8.59. The van der Waals surface area contributed by atoms with Crippen LogP contribution in [0.2, 0.25) is 0 Å². The van der Waals surface area contributed by atoms with Crippen molar-refractivity contribution < 1.29 is 4.74 Å². The smallest absolute Gasteiger partial charge is 0.139 e. The number of rotatable bonds is 4. The molecule has 180 valence electrons. The molecule has 7 heteroatoms. The van der Waals surface area contributed by atoms with E-state index in [-0.39, 0.29) is 17.1 Å². The Morgan fingerprint density at radius 2 is 1.91 bits per heavy atom. The molecule has 3 fully saturated rings. The Labute approximate surface area is 201 Å². The van der Waals surface area contributed by atoms with Crippen molar-refractivity contribution in [1.82, 2.24) is 30.3 Å². The lowest BCUT2D eigenvalue weighted by molar-refractivity contribution is -0.154. The Bertz CT molecular complexity index is 1210. The zero-order valence-corrected chi connectivity index (χ0v) is 20.6. The maximum absolute atomic E-state index is 6.44. The third-order valence-corrected chi connectivity index (χ3v) is 8.26. The Kier molecular flexibility index (Phi) is 5.48. The highest BCUT2D eigenvalue weighted by Gasteiger charge is 2.59. The van der Waals surface area contributed by atoms with Crippen LogP contribution in [0.25, 0.3) is 16.8 Å². The zero-order valence-electron chi connectivity index (χ0n) is 20.6. The fraction of sp³-hybridized carbons (Fsp3) is 0.556. The number of morpholine rings is 1. The predicted octanol–water partition coefficient (Wildman–Crippen LogP) is 2.53. The molecule has 3 aliphatic heterocycles. The van der Waals surface area contributed by atoms with Gasteiger partial charge in [0.2, 0.25) is 0 Å². The molecule has 3 saturated heterocycles. The van der Waals surface area contributed by atoms with Crippen LogP contribution in [0.3, 0.4) is 0 Å². The summed E-state index contributed by atoms with van der Waals surface area (Å²) in [6.45, 7) is 12.0. The van der Waals surface area contributed by atoms with Crippen molar-refractivity contribution in [2.24, 2.45) is 0 Å². The van der Waals surface area contributed by atoms with E-state index in [2.05, 4.69) is 69.8 Å². The van der Waals surface area contributed by atoms with Gasteiger partial charge in [-0.15, -0.1) is 0 Å². The monoisotopic (exact) mass is 460 g/mol. The Morgan fingerprint density at radius 3 is 2.62 bits per heavy atom. The standard InChI is InChI=1S/C27H36N6O/c1-4-22-21(20-13-18(2)24-31-19(3)14-33(24)15-20)5-6-23(32-22)26(7-9-28-10-8-26)25-27(17-30-25)16-29-11-12-34-27/h5-6,13-15,25,28-30H,4,7-12,16-17H2,1-3H3. The van der Waals surface area contributed by atoms with Gasteiger partial charge in [0.25, 0.3) is 0 Å². The minimum Gasteiger partial charge on any atom is -0.369 e. The van der Waals surface area contributed by atoms with Crippen LogP contribution in [0.4, 0.5) is 0 Å². The van der Waals surface area contributed by atoms with E-state index in [0.29, 0.717) is 0 Å². The lowest BCUT2D eigenvalue weighted by Crippen LogP contribution is -2.80. The van der Waals surface area contributed by atoms with Crippen molar-refractivity contribution in [3.8, 4) is 11.1 Å². The molecule has 0 radical (unpaired) electrons. The van der Waals surface area contributed by atoms with Gasteiger partial charge in [0.05, 0.1) is 12.3 Å². The first-order valence-electron chi connectivity index (χ1n) is 12.8. The highest BCUT2D eigenvalue weighted by atomic mass is 16.5. The van der Waals surface area contributed by atoms with Gasteiger partial charge in [0.1, 0.15) is 11.2 Å². The highest BCUT2D eigenvalue weighted by Crippen LogP contribution is 2.45. The van der Waals surface area contributed by atoms with Crippen LogP contribution < -0.4 is 16.0 Å². The number of aromatic nitrogens is 3. The molecule has 34 heavy (non-hydrogen) atoms. The van der Waals surface area contributed by atoms with E-state index >= 15 is 0 Å². The Morgan fingerprint density at radius 1 is 1.06 bits per heavy atom. The van der Waals surface area contributed by atoms with E-state index in [9.17, 15) is 0 Å². The lowest BCUT2D eigenvalue weighted by atomic mass is 9.61. The average Bonchev–Trinajstić information content (AvgIpc) is 3.25. The van der Waals surface area contributed by atoms with Gasteiger partial charge in [0.15, 0.2) is 0 Å². The molecule has 3 aromatic rings. The predicted molar refractivity (Wildman–Crippen MR) is 134 cm³/mol. The van der Waals surface area contributed by atoms with E-state index in [0.717, 1.165) is 69.9 Å². The number of hydrogen-bond donors (Lipinski definition) is 3. The van der Waals surface area contributed by atoms with E-state index < -0.39 is 0 Å². The summed E-state index contributed by atoms with van der Waals surface area (Å²) in [5, 5.41) is 10.9. The van der Waals surface area contributed by atoms with E-state index in [1.54, 1.807) is 0 Å². The van der Waals surface area contributed by atoms with Crippen LogP contribution >= 0.6 is 0 Å². The van der Waals surface area contributed by atoms with Gasteiger partial charge in [-0.25, -0.2) is 4.98 Å². The van der Waals surface area contributed by atoms with Crippen LogP contribution in [0.15, 0.2) is 30.6 Å². The summed E-state index contributed by atoms with van der Waals surface area (Å²) in [7, 11) is 0. The zero-order chi connectivity index (χ0) is 23.3. The molecule has 0 saturated carbocycles. The highest BCUT2D eigenvalue weighted by molar-refractivity contribution is 5.69. The van der Waals surface area contributed by atoms with Gasteiger partial charge in [-0.1, -0.05) is 13.0 Å². The molecule has 6 rings (SSSR count). The number of pyridine rings is 2. The van der Waals surface area contributed by atoms with Gasteiger partial charge >= 0.3 is 0 Å². The van der Waals surface area contributed by atoms with Crippen molar-refractivity contribution in [2.75, 3.05) is 39.3 Å². The van der Waals surface area contributed by atoms with Gasteiger partial charge in [0, 0.05) is 66.0 Å². The van der Waals surface area contributed by atoms with E-state index in [1.165, 1.54) is 28.1 Å². The number of nitrogens with one attached hydrogen (secondary N) is 3. The second kappa shape index (κ2) is 8.41. The number of imidazole rings is 1. The molecule has 0 bridgehead atoms. The average molecular weight is 461 g/mol. The number of ether oxygens (including phenoxy) is 1. The van der Waals surface area contributed by atoms with E-state index in [4.69, 9.17) is 9.72 Å². The molecule has 2 unspecified atom stereocenters. The van der Waals surface area contributed by atoms with E-state index in [1.807, 2.05) is 6.92 Å². The van der Waals surface area contributed by atoms with Crippen LogP contribution in [0.1, 0.15) is 42.4 Å². The summed E-state index contributed by atoms with van der Waals surface area (Å²) in [5.74, 6) is 0. The summed E-state index contributed by atoms with van der Waals surface area (Å²) in [4.78, 5) is 10.1. The molecule has 3 N–H and O–H groups in total. The Balaban J connectivity index is 1.42. The largest absolute Gasteiger partial charge is 0.369 e. The number of hydrogen-bond acceptors (Lipinski definition) is 6. The lowest BCUT2D eigenvalue weighted by Gasteiger charge is -2.60. The molecule has 2 atom stereocenters. The van der Waals surface area contributed by atoms with Crippen LogP contribution in [0, 0.1) is 13.8 Å². The van der Waals surface area contributed by atoms with Crippen LogP contribution in [-0.2, 0) is 16.6 Å². The summed E-state index contributed by atoms with van der Waals surface area (Å²) in [6, 6.07) is 7.14. The third kappa shape index (κ3) is 3.40. The van der Waals surface area contributed by atoms with Gasteiger partial charge in [-0.05, 0) is 63.9 Å². The SMILES string of the molecule is CCc1nc(C2(C3NCC34CNCCO4)CCNCC2)ccc1-c1cc(C)c2nc(C)cn2c1. The van der Waals surface area contributed by atoms with Crippen molar-refractivity contribution in [2.45, 2.75) is 57.1 Å². The van der Waals surface area contributed by atoms with Gasteiger partial charge < -0.3 is 25.1 Å². The first kappa shape index (κ1) is 22.2. The summed E-state index contributed by atoms with van der Waals surface area (Å²) >= 11 is 0. The molecule has 0 aliphatic carbocycles. The van der Waals surface area contributed by atoms with Gasteiger partial charge in [-0.3, -0.25) is 4.98 Å². The molecular weight excluding hydrogens is 424 g/mol. The second-order valence-corrected chi connectivity index (χ2v) is 10.4. The maximum atomic E-state index is 6.44. The van der Waals surface area contributed by atoms with Crippen molar-refractivity contribution >= 4 is 5.65 Å². The fourth-order valence-electron chi connectivity index (χ4n) is 6.52. The first-order chi connectivity index (χ1) is 16.5. The second-order valence-electron chi connectivity index (χ2n) is 10.4.